The average molecular weight is 352 g/mol. The predicted octanol–water partition coefficient (Wildman–Crippen LogP) is 2.52. The molecule has 136 valence electrons. The summed E-state index contributed by atoms with van der Waals surface area (Å²) in [6, 6.07) is 11.9. The first kappa shape index (κ1) is 17.0. The fraction of sp³-hybridized carbons (Fsp3) is 0.400. The number of rotatable bonds is 5. The number of nitrogens with zero attached hydrogens (tertiary/aromatic N) is 3. The molecule has 6 nitrogen and oxygen atoms in total. The van der Waals surface area contributed by atoms with E-state index in [1.807, 2.05) is 30.3 Å². The van der Waals surface area contributed by atoms with E-state index in [1.165, 1.54) is 6.26 Å². The highest BCUT2D eigenvalue weighted by Gasteiger charge is 2.30. The van der Waals surface area contributed by atoms with Gasteiger partial charge in [0.2, 0.25) is 5.71 Å². The van der Waals surface area contributed by atoms with Crippen LogP contribution in [0.1, 0.15) is 37.2 Å². The van der Waals surface area contributed by atoms with Gasteiger partial charge in [-0.05, 0) is 24.5 Å². The SMILES string of the molecule is CCC(c1nc2occc2c(=O)n1Cc1ccccc1)N1CCC(N)C1. The minimum atomic E-state index is -0.0513. The molecule has 0 bridgehead atoms. The van der Waals surface area contributed by atoms with Crippen molar-refractivity contribution in [2.45, 2.75) is 38.4 Å². The summed E-state index contributed by atoms with van der Waals surface area (Å²) < 4.78 is 7.25. The Morgan fingerprint density at radius 3 is 2.81 bits per heavy atom. The van der Waals surface area contributed by atoms with Crippen molar-refractivity contribution in [2.24, 2.45) is 5.73 Å². The zero-order chi connectivity index (χ0) is 18.1. The van der Waals surface area contributed by atoms with Crippen LogP contribution in [-0.4, -0.2) is 33.6 Å². The number of hydrogen-bond acceptors (Lipinski definition) is 5. The summed E-state index contributed by atoms with van der Waals surface area (Å²) >= 11 is 0. The molecule has 1 aliphatic rings. The highest BCUT2D eigenvalue weighted by Crippen LogP contribution is 2.27. The van der Waals surface area contributed by atoms with Crippen molar-refractivity contribution in [1.82, 2.24) is 14.5 Å². The Morgan fingerprint density at radius 2 is 2.12 bits per heavy atom. The fourth-order valence-corrected chi connectivity index (χ4v) is 3.84. The van der Waals surface area contributed by atoms with Crippen molar-refractivity contribution < 1.29 is 4.42 Å². The van der Waals surface area contributed by atoms with E-state index in [1.54, 1.807) is 10.6 Å². The van der Waals surface area contributed by atoms with Gasteiger partial charge in [0.15, 0.2) is 0 Å². The quantitative estimate of drug-likeness (QED) is 0.763. The van der Waals surface area contributed by atoms with Gasteiger partial charge in [-0.2, -0.15) is 4.98 Å². The first-order valence-corrected chi connectivity index (χ1v) is 9.19. The Bertz CT molecular complexity index is 947. The van der Waals surface area contributed by atoms with Gasteiger partial charge in [-0.25, -0.2) is 0 Å². The molecule has 4 rings (SSSR count). The molecule has 2 atom stereocenters. The number of nitrogens with two attached hydrogens (primary N) is 1. The maximum Gasteiger partial charge on any atom is 0.265 e. The molecule has 0 amide bonds. The molecular formula is C20H24N4O2. The van der Waals surface area contributed by atoms with Gasteiger partial charge in [-0.3, -0.25) is 14.3 Å². The highest BCUT2D eigenvalue weighted by molar-refractivity contribution is 5.71. The molecule has 1 aromatic carbocycles. The largest absolute Gasteiger partial charge is 0.446 e. The molecule has 2 aromatic heterocycles. The van der Waals surface area contributed by atoms with Crippen molar-refractivity contribution >= 4 is 11.1 Å². The molecule has 1 saturated heterocycles. The average Bonchev–Trinajstić information content (AvgIpc) is 3.29. The Kier molecular flexibility index (Phi) is 4.61. The second-order valence-corrected chi connectivity index (χ2v) is 6.95. The third-order valence-corrected chi connectivity index (χ3v) is 5.18. The first-order valence-electron chi connectivity index (χ1n) is 9.19. The van der Waals surface area contributed by atoms with Crippen molar-refractivity contribution in [3.8, 4) is 0 Å². The van der Waals surface area contributed by atoms with Crippen molar-refractivity contribution in [2.75, 3.05) is 13.1 Å². The van der Waals surface area contributed by atoms with Crippen molar-refractivity contribution in [1.29, 1.82) is 0 Å². The minimum Gasteiger partial charge on any atom is -0.446 e. The number of benzene rings is 1. The number of aromatic nitrogens is 2. The van der Waals surface area contributed by atoms with Crippen LogP contribution >= 0.6 is 0 Å². The van der Waals surface area contributed by atoms with Crippen molar-refractivity contribution in [3.63, 3.8) is 0 Å². The highest BCUT2D eigenvalue weighted by atomic mass is 16.3. The zero-order valence-corrected chi connectivity index (χ0v) is 15.0. The lowest BCUT2D eigenvalue weighted by molar-refractivity contribution is 0.220. The number of fused-ring (bicyclic) bond motifs is 1. The lowest BCUT2D eigenvalue weighted by Gasteiger charge is -2.28. The van der Waals surface area contributed by atoms with E-state index < -0.39 is 0 Å². The summed E-state index contributed by atoms with van der Waals surface area (Å²) in [6.07, 6.45) is 3.37. The van der Waals surface area contributed by atoms with Crippen LogP contribution < -0.4 is 11.3 Å². The van der Waals surface area contributed by atoms with E-state index in [-0.39, 0.29) is 17.6 Å². The monoisotopic (exact) mass is 352 g/mol. The van der Waals surface area contributed by atoms with Crippen LogP contribution in [-0.2, 0) is 6.54 Å². The third-order valence-electron chi connectivity index (χ3n) is 5.18. The molecule has 2 unspecified atom stereocenters. The molecule has 0 radical (unpaired) electrons. The van der Waals surface area contributed by atoms with Crippen LogP contribution in [0.15, 0.2) is 51.9 Å². The van der Waals surface area contributed by atoms with Gasteiger partial charge in [0.25, 0.3) is 5.56 Å². The fourth-order valence-electron chi connectivity index (χ4n) is 3.84. The second kappa shape index (κ2) is 7.05. The molecule has 1 fully saturated rings. The van der Waals surface area contributed by atoms with E-state index >= 15 is 0 Å². The number of likely N-dealkylation sites (tertiary alicyclic amines) is 1. The molecule has 3 aromatic rings. The lowest BCUT2D eigenvalue weighted by Crippen LogP contribution is -2.35. The van der Waals surface area contributed by atoms with Crippen LogP contribution in [0.5, 0.6) is 0 Å². The van der Waals surface area contributed by atoms with E-state index in [4.69, 9.17) is 15.1 Å². The summed E-state index contributed by atoms with van der Waals surface area (Å²) in [7, 11) is 0. The summed E-state index contributed by atoms with van der Waals surface area (Å²) in [4.78, 5) is 20.2. The van der Waals surface area contributed by atoms with E-state index in [9.17, 15) is 4.79 Å². The van der Waals surface area contributed by atoms with Crippen molar-refractivity contribution in [3.05, 3.63) is 64.4 Å². The molecule has 0 spiro atoms. The topological polar surface area (TPSA) is 77.3 Å². The Balaban J connectivity index is 1.83. The van der Waals surface area contributed by atoms with Crippen LogP contribution in [0, 0.1) is 0 Å². The predicted molar refractivity (Wildman–Crippen MR) is 101 cm³/mol. The molecule has 3 heterocycles. The molecule has 2 N–H and O–H groups in total. The summed E-state index contributed by atoms with van der Waals surface area (Å²) in [6.45, 7) is 4.38. The molecule has 0 saturated carbocycles. The van der Waals surface area contributed by atoms with Gasteiger partial charge in [0, 0.05) is 19.1 Å². The Hall–Kier alpha value is -2.44. The summed E-state index contributed by atoms with van der Waals surface area (Å²) in [5.41, 5.74) is 7.55. The molecule has 0 aliphatic carbocycles. The van der Waals surface area contributed by atoms with Gasteiger partial charge in [0.05, 0.1) is 18.8 Å². The Labute approximate surface area is 152 Å². The minimum absolute atomic E-state index is 0.0504. The maximum atomic E-state index is 13.1. The van der Waals surface area contributed by atoms with E-state index in [0.29, 0.717) is 17.6 Å². The maximum absolute atomic E-state index is 13.1. The standard InChI is InChI=1S/C20H24N4O2/c1-2-17(23-10-8-15(21)13-23)18-22-19-16(9-11-26-19)20(25)24(18)12-14-6-4-3-5-7-14/h3-7,9,11,15,17H,2,8,10,12-13,21H2,1H3. The molecule has 6 heteroatoms. The molecular weight excluding hydrogens is 328 g/mol. The van der Waals surface area contributed by atoms with Gasteiger partial charge in [-0.15, -0.1) is 0 Å². The Morgan fingerprint density at radius 1 is 1.31 bits per heavy atom. The molecule has 26 heavy (non-hydrogen) atoms. The number of furan rings is 1. The smallest absolute Gasteiger partial charge is 0.265 e. The van der Waals surface area contributed by atoms with Gasteiger partial charge in [-0.1, -0.05) is 37.3 Å². The summed E-state index contributed by atoms with van der Waals surface area (Å²) in [5, 5.41) is 0.526. The van der Waals surface area contributed by atoms with Crippen LogP contribution in [0.4, 0.5) is 0 Å². The second-order valence-electron chi connectivity index (χ2n) is 6.95. The third kappa shape index (κ3) is 3.06. The van der Waals surface area contributed by atoms with Gasteiger partial charge in [0.1, 0.15) is 11.2 Å². The van der Waals surface area contributed by atoms with E-state index in [0.717, 1.165) is 37.3 Å². The number of hydrogen-bond donors (Lipinski definition) is 1. The van der Waals surface area contributed by atoms with Crippen LogP contribution in [0.3, 0.4) is 0 Å². The summed E-state index contributed by atoms with van der Waals surface area (Å²) in [5.74, 6) is 0.762. The first-order chi connectivity index (χ1) is 12.7. The van der Waals surface area contributed by atoms with Gasteiger partial charge >= 0.3 is 0 Å². The zero-order valence-electron chi connectivity index (χ0n) is 15.0. The lowest BCUT2D eigenvalue weighted by atomic mass is 10.1. The van der Waals surface area contributed by atoms with Gasteiger partial charge < -0.3 is 10.2 Å². The van der Waals surface area contributed by atoms with Crippen LogP contribution in [0.25, 0.3) is 11.1 Å². The normalized spacial score (nSPS) is 19.2. The van der Waals surface area contributed by atoms with Crippen LogP contribution in [0.2, 0.25) is 0 Å². The van der Waals surface area contributed by atoms with E-state index in [2.05, 4.69) is 11.8 Å². The molecule has 1 aliphatic heterocycles.